The number of fused-ring (bicyclic) bond motifs is 3. The maximum atomic E-state index is 6.04. The quantitative estimate of drug-likeness (QED) is 0.0878. The fraction of sp³-hybridized carbons (Fsp3) is 0.412. The normalized spacial score (nSPS) is 11.9. The van der Waals surface area contributed by atoms with Crippen LogP contribution < -0.4 is 4.74 Å². The van der Waals surface area contributed by atoms with Gasteiger partial charge in [0.1, 0.15) is 5.75 Å². The Morgan fingerprint density at radius 3 is 1.57 bits per heavy atom. The fourth-order valence-electron chi connectivity index (χ4n) is 5.21. The third-order valence-electron chi connectivity index (χ3n) is 7.29. The van der Waals surface area contributed by atoms with Crippen molar-refractivity contribution in [3.05, 3.63) is 84.5 Å². The number of ether oxygens (including phenoxy) is 1. The van der Waals surface area contributed by atoms with Crippen LogP contribution in [0.5, 0.6) is 5.75 Å². The molecule has 3 heteroatoms. The predicted octanol–water partition coefficient (Wildman–Crippen LogP) is 11.5. The molecule has 0 aliphatic heterocycles. The molecular weight excluding hydrogens is 678 g/mol. The van der Waals surface area contributed by atoms with E-state index in [1.807, 2.05) is 0 Å². The van der Waals surface area contributed by atoms with Crippen LogP contribution in [0.1, 0.15) is 101 Å². The SMILES string of the molecule is CCCCCCCCCCCCCCOc1ccc(C=C2c3cc(I)ccc3-c3ccc(I)cc32)cc1. The van der Waals surface area contributed by atoms with Crippen LogP contribution in [-0.4, -0.2) is 6.61 Å². The van der Waals surface area contributed by atoms with Gasteiger partial charge < -0.3 is 4.74 Å². The predicted molar refractivity (Wildman–Crippen MR) is 177 cm³/mol. The molecule has 0 atom stereocenters. The van der Waals surface area contributed by atoms with E-state index in [9.17, 15) is 0 Å². The summed E-state index contributed by atoms with van der Waals surface area (Å²) in [5.41, 5.74) is 7.85. The van der Waals surface area contributed by atoms with Gasteiger partial charge in [0.25, 0.3) is 0 Å². The van der Waals surface area contributed by atoms with Gasteiger partial charge in [-0.15, -0.1) is 0 Å². The molecule has 0 aromatic heterocycles. The van der Waals surface area contributed by atoms with Crippen molar-refractivity contribution in [3.63, 3.8) is 0 Å². The maximum Gasteiger partial charge on any atom is 0.119 e. The van der Waals surface area contributed by atoms with E-state index in [0.717, 1.165) is 18.8 Å². The van der Waals surface area contributed by atoms with Crippen molar-refractivity contribution in [2.24, 2.45) is 0 Å². The number of halogens is 2. The molecule has 0 bridgehead atoms. The summed E-state index contributed by atoms with van der Waals surface area (Å²) < 4.78 is 8.58. The lowest BCUT2D eigenvalue weighted by Gasteiger charge is -2.08. The minimum Gasteiger partial charge on any atom is -0.494 e. The Hall–Kier alpha value is -1.34. The molecule has 0 radical (unpaired) electrons. The molecule has 3 aromatic rings. The van der Waals surface area contributed by atoms with Gasteiger partial charge in [0.15, 0.2) is 0 Å². The average molecular weight is 719 g/mol. The number of unbranched alkanes of at least 4 members (excludes halogenated alkanes) is 11. The molecule has 3 aromatic carbocycles. The Kier molecular flexibility index (Phi) is 11.9. The van der Waals surface area contributed by atoms with Gasteiger partial charge in [0.05, 0.1) is 6.61 Å². The standard InChI is InChI=1S/C34H40I2O/c1-2-3-4-5-6-7-8-9-10-11-12-13-22-37-29-18-14-26(15-19-29)23-32-33-24-27(35)16-20-30(33)31-21-17-28(36)25-34(31)32/h14-21,23-25H,2-13,22H2,1H3. The van der Waals surface area contributed by atoms with Crippen molar-refractivity contribution in [2.75, 3.05) is 6.61 Å². The molecule has 0 unspecified atom stereocenters. The Labute approximate surface area is 251 Å². The smallest absolute Gasteiger partial charge is 0.119 e. The minimum absolute atomic E-state index is 0.815. The molecular formula is C34H40I2O. The van der Waals surface area contributed by atoms with Gasteiger partial charge in [-0.05, 0) is 127 Å². The molecule has 0 saturated carbocycles. The summed E-state index contributed by atoms with van der Waals surface area (Å²) in [5.74, 6) is 0.974. The van der Waals surface area contributed by atoms with Gasteiger partial charge in [0, 0.05) is 7.14 Å². The zero-order valence-corrected chi connectivity index (χ0v) is 26.5. The fourth-order valence-corrected chi connectivity index (χ4v) is 6.19. The second-order valence-corrected chi connectivity index (χ2v) is 12.7. The molecule has 0 saturated heterocycles. The first-order valence-electron chi connectivity index (χ1n) is 14.2. The van der Waals surface area contributed by atoms with Gasteiger partial charge in [0.2, 0.25) is 0 Å². The van der Waals surface area contributed by atoms with Crippen LogP contribution in [0.15, 0.2) is 60.7 Å². The van der Waals surface area contributed by atoms with Crippen LogP contribution in [0, 0.1) is 7.14 Å². The van der Waals surface area contributed by atoms with Crippen LogP contribution in [0.25, 0.3) is 22.8 Å². The van der Waals surface area contributed by atoms with E-state index in [4.69, 9.17) is 4.74 Å². The van der Waals surface area contributed by atoms with Crippen LogP contribution in [0.2, 0.25) is 0 Å². The van der Waals surface area contributed by atoms with E-state index in [-0.39, 0.29) is 0 Å². The molecule has 1 aliphatic carbocycles. The molecule has 196 valence electrons. The highest BCUT2D eigenvalue weighted by atomic mass is 127. The van der Waals surface area contributed by atoms with Crippen LogP contribution in [-0.2, 0) is 0 Å². The van der Waals surface area contributed by atoms with E-state index in [0.29, 0.717) is 0 Å². The third-order valence-corrected chi connectivity index (χ3v) is 8.63. The number of rotatable bonds is 15. The molecule has 1 nitrogen and oxygen atoms in total. The van der Waals surface area contributed by atoms with Crippen molar-refractivity contribution in [1.29, 1.82) is 0 Å². The summed E-state index contributed by atoms with van der Waals surface area (Å²) >= 11 is 4.82. The first kappa shape index (κ1) is 28.7. The zero-order valence-electron chi connectivity index (χ0n) is 22.2. The Bertz CT molecular complexity index is 1110. The van der Waals surface area contributed by atoms with Crippen molar-refractivity contribution in [3.8, 4) is 16.9 Å². The van der Waals surface area contributed by atoms with Gasteiger partial charge in [-0.3, -0.25) is 0 Å². The van der Waals surface area contributed by atoms with Crippen LogP contribution >= 0.6 is 45.2 Å². The van der Waals surface area contributed by atoms with Gasteiger partial charge >= 0.3 is 0 Å². The Morgan fingerprint density at radius 2 is 1.05 bits per heavy atom. The highest BCUT2D eigenvalue weighted by Gasteiger charge is 2.23. The topological polar surface area (TPSA) is 9.23 Å². The molecule has 0 fully saturated rings. The number of hydrogen-bond donors (Lipinski definition) is 0. The summed E-state index contributed by atoms with van der Waals surface area (Å²) in [6, 6.07) is 22.1. The van der Waals surface area contributed by atoms with E-state index < -0.39 is 0 Å². The molecule has 0 heterocycles. The van der Waals surface area contributed by atoms with Gasteiger partial charge in [-0.2, -0.15) is 0 Å². The van der Waals surface area contributed by atoms with Gasteiger partial charge in [-0.25, -0.2) is 0 Å². The van der Waals surface area contributed by atoms with E-state index in [1.165, 1.54) is 111 Å². The molecule has 0 N–H and O–H groups in total. The number of benzene rings is 3. The first-order valence-corrected chi connectivity index (χ1v) is 16.4. The lowest BCUT2D eigenvalue weighted by molar-refractivity contribution is 0.304. The van der Waals surface area contributed by atoms with Crippen molar-refractivity contribution in [2.45, 2.75) is 84.0 Å². The average Bonchev–Trinajstić information content (AvgIpc) is 3.19. The molecule has 4 rings (SSSR count). The number of hydrogen-bond acceptors (Lipinski definition) is 1. The summed E-state index contributed by atoms with van der Waals surface area (Å²) in [6.07, 6.45) is 18.8. The largest absolute Gasteiger partial charge is 0.494 e. The van der Waals surface area contributed by atoms with Crippen LogP contribution in [0.3, 0.4) is 0 Å². The summed E-state index contributed by atoms with van der Waals surface area (Å²) in [6.45, 7) is 3.10. The van der Waals surface area contributed by atoms with E-state index in [2.05, 4.69) is 119 Å². The second-order valence-electron chi connectivity index (χ2n) is 10.2. The zero-order chi connectivity index (χ0) is 25.9. The third kappa shape index (κ3) is 8.58. The first-order chi connectivity index (χ1) is 18.2. The summed E-state index contributed by atoms with van der Waals surface area (Å²) in [5, 5.41) is 0. The lowest BCUT2D eigenvalue weighted by atomic mass is 10.0. The van der Waals surface area contributed by atoms with Crippen molar-refractivity contribution < 1.29 is 4.74 Å². The molecule has 0 spiro atoms. The van der Waals surface area contributed by atoms with Gasteiger partial charge in [-0.1, -0.05) is 102 Å². The Balaban J connectivity index is 1.21. The summed E-state index contributed by atoms with van der Waals surface area (Å²) in [4.78, 5) is 0. The van der Waals surface area contributed by atoms with Crippen LogP contribution in [0.4, 0.5) is 0 Å². The monoisotopic (exact) mass is 718 g/mol. The highest BCUT2D eigenvalue weighted by Crippen LogP contribution is 2.46. The van der Waals surface area contributed by atoms with Crippen molar-refractivity contribution >= 4 is 56.8 Å². The minimum atomic E-state index is 0.815. The second kappa shape index (κ2) is 15.3. The molecule has 1 aliphatic rings. The Morgan fingerprint density at radius 1 is 0.568 bits per heavy atom. The molecule has 37 heavy (non-hydrogen) atoms. The lowest BCUT2D eigenvalue weighted by Crippen LogP contribution is -1.97. The van der Waals surface area contributed by atoms with Crippen molar-refractivity contribution in [1.82, 2.24) is 0 Å². The highest BCUT2D eigenvalue weighted by molar-refractivity contribution is 14.1. The molecule has 0 amide bonds. The van der Waals surface area contributed by atoms with E-state index >= 15 is 0 Å². The summed E-state index contributed by atoms with van der Waals surface area (Å²) in [7, 11) is 0. The maximum absolute atomic E-state index is 6.04. The van der Waals surface area contributed by atoms with E-state index in [1.54, 1.807) is 0 Å².